The van der Waals surface area contributed by atoms with Crippen LogP contribution in [0.4, 0.5) is 11.6 Å². The van der Waals surface area contributed by atoms with Gasteiger partial charge in [0.05, 0.1) is 0 Å². The Kier molecular flexibility index (Phi) is 4.10. The molecule has 1 fully saturated rings. The predicted octanol–water partition coefficient (Wildman–Crippen LogP) is 2.61. The maximum atomic E-state index is 4.24. The Labute approximate surface area is 107 Å². The van der Waals surface area contributed by atoms with Gasteiger partial charge in [-0.25, -0.2) is 9.97 Å². The molecular formula is C12H20N4S. The molecule has 1 aromatic rings. The number of nitrogens with zero attached hydrogens (tertiary/aromatic N) is 2. The van der Waals surface area contributed by atoms with E-state index in [1.807, 2.05) is 6.07 Å². The summed E-state index contributed by atoms with van der Waals surface area (Å²) in [4.78, 5) is 8.40. The molecule has 5 heteroatoms. The van der Waals surface area contributed by atoms with Gasteiger partial charge in [-0.3, -0.25) is 0 Å². The molecule has 1 saturated heterocycles. The van der Waals surface area contributed by atoms with Crippen LogP contribution in [0.2, 0.25) is 0 Å². The molecule has 0 bridgehead atoms. The zero-order valence-electron chi connectivity index (χ0n) is 10.5. The Bertz CT molecular complexity index is 363. The van der Waals surface area contributed by atoms with Crippen molar-refractivity contribution in [1.29, 1.82) is 0 Å². The van der Waals surface area contributed by atoms with Gasteiger partial charge in [0.1, 0.15) is 18.0 Å². The van der Waals surface area contributed by atoms with Crippen molar-refractivity contribution < 1.29 is 0 Å². The standard InChI is InChI=1S/C12H20N4S/c1-3-13-10-7-11(16-9-15-10)14-8-12(2)5-4-6-17-12/h7,9H,3-6,8H2,1-2H3,(H2,13,14,15,16). The molecule has 0 aliphatic carbocycles. The van der Waals surface area contributed by atoms with Crippen LogP contribution in [-0.4, -0.2) is 33.6 Å². The smallest absolute Gasteiger partial charge is 0.131 e. The number of thioether (sulfide) groups is 1. The van der Waals surface area contributed by atoms with Crippen LogP contribution in [0.15, 0.2) is 12.4 Å². The molecule has 4 nitrogen and oxygen atoms in total. The molecule has 1 aliphatic rings. The second kappa shape index (κ2) is 5.58. The van der Waals surface area contributed by atoms with Gasteiger partial charge in [0, 0.05) is 23.9 Å². The topological polar surface area (TPSA) is 49.8 Å². The molecule has 0 radical (unpaired) electrons. The third kappa shape index (κ3) is 3.49. The summed E-state index contributed by atoms with van der Waals surface area (Å²) in [5.74, 6) is 3.07. The third-order valence-electron chi connectivity index (χ3n) is 2.97. The van der Waals surface area contributed by atoms with Gasteiger partial charge < -0.3 is 10.6 Å². The van der Waals surface area contributed by atoms with Crippen LogP contribution in [0.5, 0.6) is 0 Å². The molecule has 1 atom stereocenters. The van der Waals surface area contributed by atoms with E-state index in [1.54, 1.807) is 6.33 Å². The minimum atomic E-state index is 0.364. The van der Waals surface area contributed by atoms with E-state index in [2.05, 4.69) is 46.2 Å². The van der Waals surface area contributed by atoms with Gasteiger partial charge in [-0.15, -0.1) is 0 Å². The minimum absolute atomic E-state index is 0.364. The van der Waals surface area contributed by atoms with Crippen LogP contribution in [0.1, 0.15) is 26.7 Å². The van der Waals surface area contributed by atoms with Crippen molar-refractivity contribution in [2.45, 2.75) is 31.4 Å². The molecule has 2 N–H and O–H groups in total. The maximum absolute atomic E-state index is 4.24. The number of hydrogen-bond donors (Lipinski definition) is 2. The van der Waals surface area contributed by atoms with Gasteiger partial charge in [-0.05, 0) is 32.4 Å². The summed E-state index contributed by atoms with van der Waals surface area (Å²) in [7, 11) is 0. The van der Waals surface area contributed by atoms with Crippen molar-refractivity contribution in [1.82, 2.24) is 9.97 Å². The van der Waals surface area contributed by atoms with E-state index < -0.39 is 0 Å². The lowest BCUT2D eigenvalue weighted by Crippen LogP contribution is -2.27. The SMILES string of the molecule is CCNc1cc(NCC2(C)CCCS2)ncn1. The lowest BCUT2D eigenvalue weighted by atomic mass is 10.1. The van der Waals surface area contributed by atoms with Crippen LogP contribution in [0.25, 0.3) is 0 Å². The van der Waals surface area contributed by atoms with Crippen LogP contribution >= 0.6 is 11.8 Å². The van der Waals surface area contributed by atoms with Crippen LogP contribution in [0, 0.1) is 0 Å². The van der Waals surface area contributed by atoms with Gasteiger partial charge >= 0.3 is 0 Å². The van der Waals surface area contributed by atoms with E-state index in [4.69, 9.17) is 0 Å². The van der Waals surface area contributed by atoms with Crippen LogP contribution < -0.4 is 10.6 Å². The molecule has 1 aromatic heterocycles. The van der Waals surface area contributed by atoms with Gasteiger partial charge in [0.15, 0.2) is 0 Å². The fourth-order valence-corrected chi connectivity index (χ4v) is 3.23. The number of rotatable bonds is 5. The van der Waals surface area contributed by atoms with Crippen LogP contribution in [0.3, 0.4) is 0 Å². The molecule has 0 spiro atoms. The third-order valence-corrected chi connectivity index (χ3v) is 4.51. The highest BCUT2D eigenvalue weighted by Gasteiger charge is 2.29. The highest BCUT2D eigenvalue weighted by Crippen LogP contribution is 2.37. The lowest BCUT2D eigenvalue weighted by Gasteiger charge is -2.23. The van der Waals surface area contributed by atoms with E-state index in [-0.39, 0.29) is 0 Å². The monoisotopic (exact) mass is 252 g/mol. The number of hydrogen-bond acceptors (Lipinski definition) is 5. The Morgan fingerprint density at radius 3 is 2.76 bits per heavy atom. The van der Waals surface area contributed by atoms with Gasteiger partial charge in [-0.1, -0.05) is 0 Å². The average molecular weight is 252 g/mol. The van der Waals surface area contributed by atoms with Gasteiger partial charge in [-0.2, -0.15) is 11.8 Å². The first-order chi connectivity index (χ1) is 8.22. The Balaban J connectivity index is 1.91. The molecule has 1 unspecified atom stereocenters. The maximum Gasteiger partial charge on any atom is 0.131 e. The van der Waals surface area contributed by atoms with Crippen molar-refractivity contribution in [2.24, 2.45) is 0 Å². The summed E-state index contributed by atoms with van der Waals surface area (Å²) in [6.45, 7) is 6.24. The summed E-state index contributed by atoms with van der Waals surface area (Å²) < 4.78 is 0.364. The molecule has 17 heavy (non-hydrogen) atoms. The first-order valence-corrected chi connectivity index (χ1v) is 7.14. The largest absolute Gasteiger partial charge is 0.370 e. The number of aromatic nitrogens is 2. The first kappa shape index (κ1) is 12.5. The number of anilines is 2. The van der Waals surface area contributed by atoms with Crippen LogP contribution in [-0.2, 0) is 0 Å². The van der Waals surface area contributed by atoms with Gasteiger partial charge in [0.2, 0.25) is 0 Å². The van der Waals surface area contributed by atoms with Crippen molar-refractivity contribution in [3.05, 3.63) is 12.4 Å². The second-order valence-electron chi connectivity index (χ2n) is 4.57. The molecule has 0 aromatic carbocycles. The summed E-state index contributed by atoms with van der Waals surface area (Å²) in [6.07, 6.45) is 4.22. The molecular weight excluding hydrogens is 232 g/mol. The molecule has 2 rings (SSSR count). The van der Waals surface area contributed by atoms with E-state index in [0.29, 0.717) is 4.75 Å². The second-order valence-corrected chi connectivity index (χ2v) is 6.26. The first-order valence-electron chi connectivity index (χ1n) is 6.16. The Morgan fingerprint density at radius 2 is 2.12 bits per heavy atom. The molecule has 0 saturated carbocycles. The zero-order chi connectivity index (χ0) is 12.1. The van der Waals surface area contributed by atoms with Crippen molar-refractivity contribution in [2.75, 3.05) is 29.5 Å². The molecule has 94 valence electrons. The quantitative estimate of drug-likeness (QED) is 0.843. The lowest BCUT2D eigenvalue weighted by molar-refractivity contribution is 0.633. The van der Waals surface area contributed by atoms with E-state index >= 15 is 0 Å². The summed E-state index contributed by atoms with van der Waals surface area (Å²) in [5, 5.41) is 6.60. The molecule has 2 heterocycles. The fraction of sp³-hybridized carbons (Fsp3) is 0.667. The summed E-state index contributed by atoms with van der Waals surface area (Å²) >= 11 is 2.06. The predicted molar refractivity (Wildman–Crippen MR) is 74.8 cm³/mol. The summed E-state index contributed by atoms with van der Waals surface area (Å²) in [6, 6.07) is 1.96. The normalized spacial score (nSPS) is 23.6. The molecule has 0 amide bonds. The highest BCUT2D eigenvalue weighted by molar-refractivity contribution is 8.00. The average Bonchev–Trinajstić information content (AvgIpc) is 2.76. The summed E-state index contributed by atoms with van der Waals surface area (Å²) in [5.41, 5.74) is 0. The molecule has 1 aliphatic heterocycles. The van der Waals surface area contributed by atoms with Gasteiger partial charge in [0.25, 0.3) is 0 Å². The van der Waals surface area contributed by atoms with Crippen molar-refractivity contribution in [3.8, 4) is 0 Å². The Morgan fingerprint density at radius 1 is 1.35 bits per heavy atom. The Hall–Kier alpha value is -0.970. The van der Waals surface area contributed by atoms with E-state index in [1.165, 1.54) is 18.6 Å². The van der Waals surface area contributed by atoms with E-state index in [0.717, 1.165) is 24.7 Å². The fourth-order valence-electron chi connectivity index (χ4n) is 1.99. The van der Waals surface area contributed by atoms with Crippen molar-refractivity contribution in [3.63, 3.8) is 0 Å². The van der Waals surface area contributed by atoms with E-state index in [9.17, 15) is 0 Å². The highest BCUT2D eigenvalue weighted by atomic mass is 32.2. The van der Waals surface area contributed by atoms with Crippen molar-refractivity contribution >= 4 is 23.4 Å². The minimum Gasteiger partial charge on any atom is -0.370 e. The zero-order valence-corrected chi connectivity index (χ0v) is 11.3. The number of nitrogens with one attached hydrogen (secondary N) is 2.